The van der Waals surface area contributed by atoms with Crippen LogP contribution in [0.5, 0.6) is 11.5 Å². The fraction of sp³-hybridized carbons (Fsp3) is 0.250. The Morgan fingerprint density at radius 3 is 2.57 bits per heavy atom. The molecule has 8 heteroatoms. The molecule has 0 bridgehead atoms. The third-order valence-corrected chi connectivity index (χ3v) is 5.40. The van der Waals surface area contributed by atoms with Crippen LogP contribution in [-0.2, 0) is 14.3 Å². The molecule has 28 heavy (non-hydrogen) atoms. The lowest BCUT2D eigenvalue weighted by molar-refractivity contribution is -0.143. The minimum atomic E-state index is -0.610. The summed E-state index contributed by atoms with van der Waals surface area (Å²) in [6, 6.07) is 12.1. The van der Waals surface area contributed by atoms with Crippen LogP contribution in [0.4, 0.5) is 5.69 Å². The summed E-state index contributed by atoms with van der Waals surface area (Å²) in [7, 11) is 2.97. The number of hydrogen-bond donors (Lipinski definition) is 1. The Balaban J connectivity index is 1.56. The molecule has 0 aromatic heterocycles. The summed E-state index contributed by atoms with van der Waals surface area (Å²) in [5.74, 6) is -0.335. The fourth-order valence-corrected chi connectivity index (χ4v) is 3.77. The molecule has 1 aliphatic heterocycles. The number of ether oxygens (including phenoxy) is 3. The molecule has 0 saturated carbocycles. The number of ketones is 1. The lowest BCUT2D eigenvalue weighted by Gasteiger charge is -2.23. The second kappa shape index (κ2) is 8.79. The van der Waals surface area contributed by atoms with E-state index in [0.29, 0.717) is 17.1 Å². The van der Waals surface area contributed by atoms with Crippen LogP contribution in [0.1, 0.15) is 16.8 Å². The average Bonchev–Trinajstić information content (AvgIpc) is 2.72. The first-order chi connectivity index (χ1) is 13.5. The summed E-state index contributed by atoms with van der Waals surface area (Å²) in [5.41, 5.74) is 1.06. The highest BCUT2D eigenvalue weighted by molar-refractivity contribution is 8.01. The van der Waals surface area contributed by atoms with Crippen molar-refractivity contribution in [2.45, 2.75) is 16.6 Å². The van der Waals surface area contributed by atoms with Crippen molar-refractivity contribution in [1.82, 2.24) is 0 Å². The van der Waals surface area contributed by atoms with Crippen molar-refractivity contribution >= 4 is 35.1 Å². The van der Waals surface area contributed by atoms with Crippen molar-refractivity contribution in [3.8, 4) is 11.5 Å². The molecule has 1 aliphatic rings. The summed E-state index contributed by atoms with van der Waals surface area (Å²) < 4.78 is 15.4. The molecular formula is C20H19NO6S. The van der Waals surface area contributed by atoms with Gasteiger partial charge < -0.3 is 19.5 Å². The highest BCUT2D eigenvalue weighted by Crippen LogP contribution is 2.36. The Morgan fingerprint density at radius 2 is 1.82 bits per heavy atom. The topological polar surface area (TPSA) is 90.9 Å². The lowest BCUT2D eigenvalue weighted by atomic mass is 10.1. The van der Waals surface area contributed by atoms with Crippen LogP contribution in [0.15, 0.2) is 47.4 Å². The molecule has 0 radical (unpaired) electrons. The summed E-state index contributed by atoms with van der Waals surface area (Å²) in [4.78, 5) is 37.4. The van der Waals surface area contributed by atoms with Crippen LogP contribution >= 0.6 is 11.8 Å². The minimum Gasteiger partial charge on any atom is -0.493 e. The molecule has 0 aliphatic carbocycles. The van der Waals surface area contributed by atoms with Crippen molar-refractivity contribution in [2.75, 3.05) is 26.1 Å². The molecule has 0 fully saturated rings. The number of Topliss-reactive ketones (excluding diaryl/α,β-unsaturated/α-hetero) is 1. The molecule has 146 valence electrons. The van der Waals surface area contributed by atoms with E-state index in [4.69, 9.17) is 14.2 Å². The maximum atomic E-state index is 12.3. The second-order valence-electron chi connectivity index (χ2n) is 5.95. The van der Waals surface area contributed by atoms with Crippen molar-refractivity contribution in [3.05, 3.63) is 48.0 Å². The number of para-hydroxylation sites is 1. The quantitative estimate of drug-likeness (QED) is 0.563. The Kier molecular flexibility index (Phi) is 6.20. The third-order valence-electron chi connectivity index (χ3n) is 4.13. The van der Waals surface area contributed by atoms with Gasteiger partial charge in [0.25, 0.3) is 0 Å². The van der Waals surface area contributed by atoms with E-state index in [9.17, 15) is 14.4 Å². The molecule has 1 atom stereocenters. The summed E-state index contributed by atoms with van der Waals surface area (Å²) in [6.07, 6.45) is -0.121. The van der Waals surface area contributed by atoms with Crippen molar-refractivity contribution < 1.29 is 28.6 Å². The van der Waals surface area contributed by atoms with E-state index in [1.54, 1.807) is 18.2 Å². The number of rotatable bonds is 7. The zero-order valence-corrected chi connectivity index (χ0v) is 16.2. The Labute approximate surface area is 166 Å². The van der Waals surface area contributed by atoms with E-state index in [2.05, 4.69) is 5.32 Å². The first-order valence-electron chi connectivity index (χ1n) is 8.49. The second-order valence-corrected chi connectivity index (χ2v) is 7.19. The number of thioether (sulfide) groups is 1. The monoisotopic (exact) mass is 401 g/mol. The normalized spacial score (nSPS) is 15.2. The number of amides is 1. The van der Waals surface area contributed by atoms with Crippen molar-refractivity contribution in [1.29, 1.82) is 0 Å². The van der Waals surface area contributed by atoms with E-state index in [0.717, 1.165) is 10.6 Å². The molecule has 0 spiro atoms. The number of benzene rings is 2. The number of anilines is 1. The number of carbonyl (C=O) groups excluding carboxylic acids is 3. The van der Waals surface area contributed by atoms with E-state index in [-0.39, 0.29) is 18.1 Å². The maximum absolute atomic E-state index is 12.3. The predicted molar refractivity (Wildman–Crippen MR) is 104 cm³/mol. The van der Waals surface area contributed by atoms with Crippen molar-refractivity contribution in [2.24, 2.45) is 0 Å². The van der Waals surface area contributed by atoms with Gasteiger partial charge in [0.05, 0.1) is 31.6 Å². The molecule has 3 rings (SSSR count). The third kappa shape index (κ3) is 4.45. The first-order valence-corrected chi connectivity index (χ1v) is 9.37. The molecule has 1 N–H and O–H groups in total. The van der Waals surface area contributed by atoms with Gasteiger partial charge >= 0.3 is 5.97 Å². The maximum Gasteiger partial charge on any atom is 0.307 e. The largest absolute Gasteiger partial charge is 0.493 e. The first kappa shape index (κ1) is 19.8. The summed E-state index contributed by atoms with van der Waals surface area (Å²) in [5, 5.41) is 2.17. The molecule has 2 aromatic carbocycles. The smallest absolute Gasteiger partial charge is 0.307 e. The Hall–Kier alpha value is -3.00. The van der Waals surface area contributed by atoms with Gasteiger partial charge in [-0.05, 0) is 30.3 Å². The van der Waals surface area contributed by atoms with Gasteiger partial charge in [-0.25, -0.2) is 0 Å². The van der Waals surface area contributed by atoms with Crippen LogP contribution in [0.25, 0.3) is 0 Å². The average molecular weight is 401 g/mol. The van der Waals surface area contributed by atoms with Crippen molar-refractivity contribution in [3.63, 3.8) is 0 Å². The fourth-order valence-electron chi connectivity index (χ4n) is 2.68. The Bertz CT molecular complexity index is 913. The van der Waals surface area contributed by atoms with Crippen LogP contribution in [-0.4, -0.2) is 43.7 Å². The number of carbonyl (C=O) groups is 3. The zero-order chi connectivity index (χ0) is 20.1. The number of nitrogens with one attached hydrogen (secondary N) is 1. The highest BCUT2D eigenvalue weighted by Gasteiger charge is 2.29. The van der Waals surface area contributed by atoms with E-state index < -0.39 is 17.8 Å². The molecular weight excluding hydrogens is 382 g/mol. The number of fused-ring (bicyclic) bond motifs is 1. The van der Waals surface area contributed by atoms with Gasteiger partial charge in [-0.15, -0.1) is 11.8 Å². The Morgan fingerprint density at radius 1 is 1.07 bits per heavy atom. The van der Waals surface area contributed by atoms with E-state index in [1.165, 1.54) is 32.0 Å². The number of methoxy groups -OCH3 is 2. The predicted octanol–water partition coefficient (Wildman–Crippen LogP) is 2.93. The molecule has 1 amide bonds. The molecule has 7 nitrogen and oxygen atoms in total. The van der Waals surface area contributed by atoms with Gasteiger partial charge in [-0.3, -0.25) is 14.4 Å². The SMILES string of the molecule is COc1ccc(C(=O)COC(=O)C[C@H]2Sc3ccccc3NC2=O)cc1OC. The molecule has 1 heterocycles. The molecule has 0 saturated heterocycles. The highest BCUT2D eigenvalue weighted by atomic mass is 32.2. The van der Waals surface area contributed by atoms with E-state index >= 15 is 0 Å². The number of esters is 1. The van der Waals surface area contributed by atoms with Crippen LogP contribution in [0.2, 0.25) is 0 Å². The van der Waals surface area contributed by atoms with Gasteiger partial charge in [-0.2, -0.15) is 0 Å². The number of hydrogen-bond acceptors (Lipinski definition) is 7. The van der Waals surface area contributed by atoms with Gasteiger partial charge in [-0.1, -0.05) is 12.1 Å². The standard InChI is InChI=1S/C20H19NO6S/c1-25-15-8-7-12(9-16(15)26-2)14(22)11-27-19(23)10-18-20(24)21-13-5-3-4-6-17(13)28-18/h3-9,18H,10-11H2,1-2H3,(H,21,24)/t18-/m1/s1. The van der Waals surface area contributed by atoms with Gasteiger partial charge in [0.2, 0.25) is 5.91 Å². The van der Waals surface area contributed by atoms with Gasteiger partial charge in [0, 0.05) is 10.5 Å². The summed E-state index contributed by atoms with van der Waals surface area (Å²) >= 11 is 1.30. The van der Waals surface area contributed by atoms with Crippen LogP contribution in [0.3, 0.4) is 0 Å². The van der Waals surface area contributed by atoms with E-state index in [1.807, 2.05) is 18.2 Å². The molecule has 0 unspecified atom stereocenters. The molecule has 2 aromatic rings. The van der Waals surface area contributed by atoms with Crippen LogP contribution in [0, 0.1) is 0 Å². The lowest BCUT2D eigenvalue weighted by Crippen LogP contribution is -2.31. The minimum absolute atomic E-state index is 0.121. The van der Waals surface area contributed by atoms with Gasteiger partial charge in [0.1, 0.15) is 0 Å². The van der Waals surface area contributed by atoms with Gasteiger partial charge in [0.15, 0.2) is 23.9 Å². The van der Waals surface area contributed by atoms with Crippen LogP contribution < -0.4 is 14.8 Å². The zero-order valence-electron chi connectivity index (χ0n) is 15.4. The summed E-state index contributed by atoms with van der Waals surface area (Å²) in [6.45, 7) is -0.413.